The maximum absolute atomic E-state index is 13.5. The fourth-order valence-electron chi connectivity index (χ4n) is 12.8. The van der Waals surface area contributed by atoms with Gasteiger partial charge in [0.05, 0.1) is 36.1 Å². The molecule has 2 amide bonds. The largest absolute Gasteiger partial charge is 0.489 e. The lowest BCUT2D eigenvalue weighted by Gasteiger charge is -2.46. The Hall–Kier alpha value is -11.4. The van der Waals surface area contributed by atoms with Crippen molar-refractivity contribution >= 4 is 51.6 Å². The van der Waals surface area contributed by atoms with Crippen molar-refractivity contribution in [3.63, 3.8) is 0 Å². The van der Waals surface area contributed by atoms with Crippen molar-refractivity contribution < 1.29 is 67.0 Å². The van der Waals surface area contributed by atoms with Crippen LogP contribution in [0.3, 0.4) is 0 Å². The van der Waals surface area contributed by atoms with E-state index < -0.39 is 36.0 Å². The number of hydrogen-bond acceptors (Lipinski definition) is 18. The Morgan fingerprint density at radius 1 is 0.594 bits per heavy atom. The molecule has 6 aliphatic heterocycles. The number of carbonyl (C=O) groups is 4. The topological polar surface area (TPSA) is 317 Å². The molecule has 23 nitrogen and oxygen atoms in total. The van der Waals surface area contributed by atoms with Crippen LogP contribution in [0.1, 0.15) is 55.5 Å². The second-order valence-electron chi connectivity index (χ2n) is 24.0. The van der Waals surface area contributed by atoms with Crippen LogP contribution in [-0.2, 0) is 43.7 Å². The van der Waals surface area contributed by atoms with Gasteiger partial charge in [0.2, 0.25) is 11.8 Å². The molecule has 2 fully saturated rings. The van der Waals surface area contributed by atoms with Gasteiger partial charge in [0, 0.05) is 46.7 Å². The number of benzene rings is 7. The quantitative estimate of drug-likeness (QED) is 0.0150. The summed E-state index contributed by atoms with van der Waals surface area (Å²) in [6, 6.07) is 37.1. The van der Waals surface area contributed by atoms with Crippen molar-refractivity contribution in [2.24, 2.45) is 28.8 Å². The third-order valence-corrected chi connectivity index (χ3v) is 17.5. The number of aryl methyl sites for hydroxylation is 2. The molecule has 6 heterocycles. The first-order valence-corrected chi connectivity index (χ1v) is 31.0. The highest BCUT2D eigenvalue weighted by Gasteiger charge is 2.61. The molecule has 0 spiro atoms. The van der Waals surface area contributed by atoms with Crippen LogP contribution in [0.2, 0.25) is 0 Å². The number of amides is 2. The number of aliphatic carboxylic acids is 1. The maximum atomic E-state index is 13.5. The van der Waals surface area contributed by atoms with Crippen LogP contribution in [-0.4, -0.2) is 96.3 Å². The first kappa shape index (κ1) is 64.7. The first-order chi connectivity index (χ1) is 46.2. The van der Waals surface area contributed by atoms with E-state index in [2.05, 4.69) is 20.0 Å². The van der Waals surface area contributed by atoms with Gasteiger partial charge in [-0.05, 0) is 157 Å². The van der Waals surface area contributed by atoms with Crippen LogP contribution in [0.5, 0.6) is 23.0 Å². The minimum absolute atomic E-state index is 0.0301. The Bertz CT molecular complexity index is 4790. The number of carboxylic acid groups (broad SMARTS) is 1. The monoisotopic (exact) mass is 1300 g/mol. The summed E-state index contributed by atoms with van der Waals surface area (Å²) in [7, 11) is 0. The summed E-state index contributed by atoms with van der Waals surface area (Å²) in [5.74, 6) is -0.788. The highest BCUT2D eigenvalue weighted by Crippen LogP contribution is 2.49. The van der Waals surface area contributed by atoms with E-state index in [1.165, 1.54) is 34.1 Å². The van der Waals surface area contributed by atoms with Crippen molar-refractivity contribution in [3.8, 4) is 45.9 Å². The summed E-state index contributed by atoms with van der Waals surface area (Å²) >= 11 is 0. The number of aromatic nitrogens is 2. The third-order valence-electron chi connectivity index (χ3n) is 17.5. The summed E-state index contributed by atoms with van der Waals surface area (Å²) in [5.41, 5.74) is 18.0. The minimum atomic E-state index is -1.16. The van der Waals surface area contributed by atoms with Gasteiger partial charge in [-0.1, -0.05) is 67.5 Å². The number of azide groups is 1. The molecule has 0 aromatic heterocycles. The van der Waals surface area contributed by atoms with Gasteiger partial charge in [-0.25, -0.2) is 19.6 Å². The Kier molecular flexibility index (Phi) is 18.4. The maximum Gasteiger partial charge on any atom is 0.355 e. The van der Waals surface area contributed by atoms with E-state index in [9.17, 15) is 44.1 Å². The molecular weight excluding hydrogens is 1230 g/mol. The zero-order chi connectivity index (χ0) is 67.6. The van der Waals surface area contributed by atoms with Crippen molar-refractivity contribution in [3.05, 3.63) is 239 Å². The molecule has 13 rings (SSSR count). The zero-order valence-electron chi connectivity index (χ0n) is 52.9. The molecule has 0 bridgehead atoms. The number of fused-ring (bicyclic) bond motifs is 6. The second kappa shape index (κ2) is 27.3. The van der Waals surface area contributed by atoms with Gasteiger partial charge >= 0.3 is 11.9 Å². The number of β-lactam (4-membered cyclic amide) rings is 2. The van der Waals surface area contributed by atoms with Gasteiger partial charge < -0.3 is 57.6 Å². The smallest absolute Gasteiger partial charge is 0.355 e. The molecule has 0 radical (unpaired) electrons. The van der Waals surface area contributed by atoms with Gasteiger partial charge in [-0.3, -0.25) is 19.2 Å². The van der Waals surface area contributed by atoms with Crippen LogP contribution in [0.4, 0.5) is 5.69 Å². The second-order valence-corrected chi connectivity index (χ2v) is 24.0. The van der Waals surface area contributed by atoms with Gasteiger partial charge in [0.1, 0.15) is 89.8 Å². The Morgan fingerprint density at radius 2 is 1.05 bits per heavy atom. The summed E-state index contributed by atoms with van der Waals surface area (Å²) in [6.45, 7) is 11.8. The predicted molar refractivity (Wildman–Crippen MR) is 351 cm³/mol. The Labute approximate surface area is 548 Å². The third kappa shape index (κ3) is 13.1. The molecule has 0 saturated carbocycles. The number of carboxylic acids is 1. The van der Waals surface area contributed by atoms with E-state index in [-0.39, 0.29) is 77.8 Å². The van der Waals surface area contributed by atoms with Crippen LogP contribution in [0.15, 0.2) is 204 Å². The van der Waals surface area contributed by atoms with Crippen molar-refractivity contribution in [2.75, 3.05) is 13.2 Å². The molecule has 8 atom stereocenters. The zero-order valence-corrected chi connectivity index (χ0v) is 52.9. The lowest BCUT2D eigenvalue weighted by molar-refractivity contribution is -0.164. The lowest BCUT2D eigenvalue weighted by Crippen LogP contribution is -2.63. The van der Waals surface area contributed by atoms with E-state index in [0.29, 0.717) is 104 Å². The van der Waals surface area contributed by atoms with Gasteiger partial charge in [-0.15, -0.1) is 0 Å². The Morgan fingerprint density at radius 3 is 1.50 bits per heavy atom. The van der Waals surface area contributed by atoms with E-state index >= 15 is 0 Å². The molecule has 5 aromatic carbocycles. The Balaban J connectivity index is 0.000000187. The number of aliphatic hydroxyl groups is 2. The predicted octanol–water partition coefficient (Wildman–Crippen LogP) is 11.2. The summed E-state index contributed by atoms with van der Waals surface area (Å²) in [5, 5.41) is 33.6. The molecule has 23 heteroatoms. The number of ether oxygens (including phenoxy) is 5. The highest BCUT2D eigenvalue weighted by atomic mass is 16.5. The molecule has 2 aliphatic carbocycles. The molecule has 0 unspecified atom stereocenters. The normalized spacial score (nSPS) is 19.4. The van der Waals surface area contributed by atoms with E-state index in [1.807, 2.05) is 88.4 Å². The van der Waals surface area contributed by atoms with E-state index in [1.54, 1.807) is 86.7 Å². The highest BCUT2D eigenvalue weighted by molar-refractivity contribution is 6.02. The molecule has 8 aliphatic rings. The van der Waals surface area contributed by atoms with Gasteiger partial charge in [0.25, 0.3) is 0 Å². The van der Waals surface area contributed by atoms with Crippen LogP contribution in [0.25, 0.3) is 55.6 Å². The SMILES string of the molecule is Cc1cc(COc2ccc3nc4ccc(=O)cc-4oc3c2)ccc1OC/C=C/C1=C(C(=O)O)N2C(=O)[C@H]([C@@H](C)O)[C@H]2[C@H]1C.Cc1cc(COc2ccc3nc4ccc(=O)cc-4oc3c2)ccc1OC/C=C/C1=C(C(=O)OCc2ccc(N=[N+]=[N-])cc2)N2C(=O)[C@H]([C@@H](C)O)[C@H]2[C@H]1C. The molecular formula is C73H65N7O16. The number of carbonyl (C=O) groups excluding carboxylic acids is 3. The molecule has 96 heavy (non-hydrogen) atoms. The van der Waals surface area contributed by atoms with Crippen LogP contribution in [0, 0.1) is 37.5 Å². The van der Waals surface area contributed by atoms with Gasteiger partial charge in [-0.2, -0.15) is 0 Å². The average molecular weight is 1300 g/mol. The first-order valence-electron chi connectivity index (χ1n) is 31.0. The van der Waals surface area contributed by atoms with Crippen LogP contribution < -0.4 is 29.8 Å². The van der Waals surface area contributed by atoms with Crippen molar-refractivity contribution in [2.45, 2.75) is 85.7 Å². The number of hydrogen-bond donors (Lipinski definition) is 3. The fourth-order valence-corrected chi connectivity index (χ4v) is 12.8. The number of esters is 1. The standard InChI is InChI=1S/C40H35N5O8.C33H30N2O8/c1-22-17-26(21-51-29-12-14-32-35(19-29)53-34-18-28(47)11-13-31(34)42-32)8-15-33(22)50-16-4-5-30-23(2)37-36(24(3)46)39(48)45(37)38(30)40(49)52-20-25-6-9-27(10-7-25)43-44-41;1-17-13-20(16-42-22-8-10-25-28(15-22)43-27-14-21(37)7-9-24(27)34-25)6-11-26(17)41-12-4-5-23-18(2)30-29(19(3)36)32(38)35(30)31(23)33(39)40/h4-15,17-19,23-24,36-37,46H,16,20-21H2,1-3H3;4-11,13-15,18-19,29-30,36H,12,16H2,1-3H3,(H,39,40)/b2*5-4+/t23-,24+,36+,37+;18-,19+,29+,30+/m00/s1. The average Bonchev–Trinajstić information content (AvgIpc) is 1.55. The molecule has 488 valence electrons. The number of allylic oxidation sites excluding steroid dienone is 2. The molecule has 2 saturated heterocycles. The fraction of sp³-hybridized carbons (Fsp3) is 0.260. The van der Waals surface area contributed by atoms with E-state index in [4.69, 9.17) is 38.0 Å². The molecule has 3 N–H and O–H groups in total. The number of nitrogens with zero attached hydrogens (tertiary/aromatic N) is 7. The van der Waals surface area contributed by atoms with E-state index in [0.717, 1.165) is 22.3 Å². The number of aliphatic hydroxyl groups excluding tert-OH is 2. The number of rotatable bonds is 21. The van der Waals surface area contributed by atoms with Crippen molar-refractivity contribution in [1.82, 2.24) is 19.8 Å². The summed E-state index contributed by atoms with van der Waals surface area (Å²) in [4.78, 5) is 89.0. The summed E-state index contributed by atoms with van der Waals surface area (Å²) in [6.07, 6.45) is 5.30. The summed E-state index contributed by atoms with van der Waals surface area (Å²) < 4.78 is 41.4. The molecule has 5 aromatic rings. The van der Waals surface area contributed by atoms with Gasteiger partial charge in [0.15, 0.2) is 33.5 Å². The lowest BCUT2D eigenvalue weighted by atomic mass is 9.78. The van der Waals surface area contributed by atoms with Crippen LogP contribution >= 0.6 is 0 Å². The van der Waals surface area contributed by atoms with Crippen molar-refractivity contribution in [1.29, 1.82) is 0 Å². The minimum Gasteiger partial charge on any atom is -0.489 e.